The van der Waals surface area contributed by atoms with E-state index in [0.717, 1.165) is 19.6 Å². The number of aromatic nitrogens is 1. The summed E-state index contributed by atoms with van der Waals surface area (Å²) in [5, 5.41) is 3.68. The first-order valence-corrected chi connectivity index (χ1v) is 7.46. The van der Waals surface area contributed by atoms with Gasteiger partial charge in [0, 0.05) is 31.4 Å². The van der Waals surface area contributed by atoms with Crippen molar-refractivity contribution in [2.45, 2.75) is 52.7 Å². The Morgan fingerprint density at radius 2 is 2.26 bits per heavy atom. The molecule has 0 aromatic carbocycles. The molecule has 0 spiro atoms. The summed E-state index contributed by atoms with van der Waals surface area (Å²) in [7, 11) is 0. The average Bonchev–Trinajstić information content (AvgIpc) is 2.55. The van der Waals surface area contributed by atoms with Crippen molar-refractivity contribution in [3.63, 3.8) is 0 Å². The highest BCUT2D eigenvalue weighted by atomic mass is 15.2. The van der Waals surface area contributed by atoms with Crippen LogP contribution in [0.15, 0.2) is 18.3 Å². The Balaban J connectivity index is 2.09. The smallest absolute Gasteiger partial charge is 0.0573 e. The molecule has 3 nitrogen and oxygen atoms in total. The minimum absolute atomic E-state index is 0.592. The third-order valence-electron chi connectivity index (χ3n) is 4.30. The maximum Gasteiger partial charge on any atom is 0.0573 e. The van der Waals surface area contributed by atoms with E-state index in [1.54, 1.807) is 0 Å². The van der Waals surface area contributed by atoms with Crippen molar-refractivity contribution < 1.29 is 0 Å². The van der Waals surface area contributed by atoms with Crippen LogP contribution in [0.5, 0.6) is 0 Å². The van der Waals surface area contributed by atoms with Gasteiger partial charge in [-0.15, -0.1) is 0 Å². The zero-order chi connectivity index (χ0) is 13.8. The van der Waals surface area contributed by atoms with Crippen LogP contribution < -0.4 is 5.32 Å². The Kier molecular flexibility index (Phi) is 4.94. The molecular weight excluding hydrogens is 234 g/mol. The third kappa shape index (κ3) is 3.77. The fraction of sp³-hybridized carbons (Fsp3) is 0.688. The molecule has 106 valence electrons. The van der Waals surface area contributed by atoms with Crippen LogP contribution in [0.3, 0.4) is 0 Å². The molecule has 1 aliphatic heterocycles. The van der Waals surface area contributed by atoms with E-state index in [0.29, 0.717) is 18.0 Å². The molecular formula is C16H27N3. The molecule has 1 saturated heterocycles. The predicted molar refractivity (Wildman–Crippen MR) is 80.1 cm³/mol. The number of rotatable bonds is 3. The highest BCUT2D eigenvalue weighted by Crippen LogP contribution is 2.17. The van der Waals surface area contributed by atoms with Gasteiger partial charge in [0.05, 0.1) is 5.69 Å². The molecule has 0 radical (unpaired) electrons. The van der Waals surface area contributed by atoms with Gasteiger partial charge in [-0.2, -0.15) is 0 Å². The van der Waals surface area contributed by atoms with Crippen LogP contribution in [0, 0.1) is 12.8 Å². The van der Waals surface area contributed by atoms with Gasteiger partial charge >= 0.3 is 0 Å². The van der Waals surface area contributed by atoms with Gasteiger partial charge in [-0.05, 0) is 44.4 Å². The van der Waals surface area contributed by atoms with Crippen LogP contribution in [-0.4, -0.2) is 35.1 Å². The number of hydrogen-bond acceptors (Lipinski definition) is 3. The minimum atomic E-state index is 0.592. The lowest BCUT2D eigenvalue weighted by Crippen LogP contribution is -2.42. The minimum Gasteiger partial charge on any atom is -0.312 e. The fourth-order valence-corrected chi connectivity index (χ4v) is 2.70. The molecule has 2 atom stereocenters. The SMILES string of the molecule is Cc1cccnc1CN1CC(C(C)C)NCCC1C. The molecule has 3 heteroatoms. The molecule has 0 amide bonds. The van der Waals surface area contributed by atoms with Gasteiger partial charge in [0.15, 0.2) is 0 Å². The lowest BCUT2D eigenvalue weighted by atomic mass is 10.0. The third-order valence-corrected chi connectivity index (χ3v) is 4.30. The molecule has 1 fully saturated rings. The first-order chi connectivity index (χ1) is 9.08. The quantitative estimate of drug-likeness (QED) is 0.906. The van der Waals surface area contributed by atoms with Crippen molar-refractivity contribution in [3.05, 3.63) is 29.6 Å². The van der Waals surface area contributed by atoms with Crippen molar-refractivity contribution >= 4 is 0 Å². The zero-order valence-electron chi connectivity index (χ0n) is 12.7. The van der Waals surface area contributed by atoms with Crippen LogP contribution in [-0.2, 0) is 6.54 Å². The molecule has 1 aliphatic rings. The van der Waals surface area contributed by atoms with Crippen molar-refractivity contribution in [2.75, 3.05) is 13.1 Å². The van der Waals surface area contributed by atoms with E-state index in [4.69, 9.17) is 0 Å². The Labute approximate surface area is 117 Å². The van der Waals surface area contributed by atoms with E-state index in [1.807, 2.05) is 12.3 Å². The van der Waals surface area contributed by atoms with Crippen LogP contribution in [0.2, 0.25) is 0 Å². The second-order valence-electron chi connectivity index (χ2n) is 6.14. The van der Waals surface area contributed by atoms with Crippen molar-refractivity contribution in [1.82, 2.24) is 15.2 Å². The molecule has 0 bridgehead atoms. The van der Waals surface area contributed by atoms with Gasteiger partial charge in [-0.25, -0.2) is 0 Å². The molecule has 1 aromatic heterocycles. The number of pyridine rings is 1. The molecule has 2 rings (SSSR count). The van der Waals surface area contributed by atoms with Crippen LogP contribution in [0.4, 0.5) is 0 Å². The Morgan fingerprint density at radius 3 is 2.95 bits per heavy atom. The molecule has 0 aliphatic carbocycles. The van der Waals surface area contributed by atoms with Crippen LogP contribution in [0.25, 0.3) is 0 Å². The van der Waals surface area contributed by atoms with Gasteiger partial charge in [0.25, 0.3) is 0 Å². The van der Waals surface area contributed by atoms with Crippen LogP contribution in [0.1, 0.15) is 38.4 Å². The first kappa shape index (κ1) is 14.5. The summed E-state index contributed by atoms with van der Waals surface area (Å²) in [4.78, 5) is 7.13. The molecule has 0 saturated carbocycles. The van der Waals surface area contributed by atoms with Crippen molar-refractivity contribution in [1.29, 1.82) is 0 Å². The lowest BCUT2D eigenvalue weighted by molar-refractivity contribution is 0.181. The summed E-state index contributed by atoms with van der Waals surface area (Å²) in [5.41, 5.74) is 2.52. The average molecular weight is 261 g/mol. The Morgan fingerprint density at radius 1 is 1.47 bits per heavy atom. The molecule has 1 aromatic rings. The number of nitrogens with zero attached hydrogens (tertiary/aromatic N) is 2. The second kappa shape index (κ2) is 6.49. The van der Waals surface area contributed by atoms with E-state index in [1.165, 1.54) is 17.7 Å². The Hall–Kier alpha value is -0.930. The Bertz CT molecular complexity index is 403. The number of hydrogen-bond donors (Lipinski definition) is 1. The predicted octanol–water partition coefficient (Wildman–Crippen LogP) is 2.60. The van der Waals surface area contributed by atoms with E-state index >= 15 is 0 Å². The largest absolute Gasteiger partial charge is 0.312 e. The maximum absolute atomic E-state index is 4.55. The summed E-state index contributed by atoms with van der Waals surface area (Å²) in [6, 6.07) is 5.39. The zero-order valence-corrected chi connectivity index (χ0v) is 12.7. The molecule has 19 heavy (non-hydrogen) atoms. The van der Waals surface area contributed by atoms with Gasteiger partial charge in [-0.3, -0.25) is 9.88 Å². The summed E-state index contributed by atoms with van der Waals surface area (Å²) in [6.07, 6.45) is 3.12. The summed E-state index contributed by atoms with van der Waals surface area (Å²) < 4.78 is 0. The lowest BCUT2D eigenvalue weighted by Gasteiger charge is -2.30. The van der Waals surface area contributed by atoms with Gasteiger partial charge in [-0.1, -0.05) is 19.9 Å². The number of nitrogens with one attached hydrogen (secondary N) is 1. The monoisotopic (exact) mass is 261 g/mol. The molecule has 2 unspecified atom stereocenters. The maximum atomic E-state index is 4.55. The van der Waals surface area contributed by atoms with Gasteiger partial charge in [0.2, 0.25) is 0 Å². The van der Waals surface area contributed by atoms with E-state index in [-0.39, 0.29) is 0 Å². The normalized spacial score (nSPS) is 25.5. The highest BCUT2D eigenvalue weighted by Gasteiger charge is 2.25. The highest BCUT2D eigenvalue weighted by molar-refractivity contribution is 5.17. The van der Waals surface area contributed by atoms with Gasteiger partial charge in [0.1, 0.15) is 0 Å². The second-order valence-corrected chi connectivity index (χ2v) is 6.14. The first-order valence-electron chi connectivity index (χ1n) is 7.46. The topological polar surface area (TPSA) is 28.2 Å². The summed E-state index contributed by atoms with van der Waals surface area (Å²) >= 11 is 0. The summed E-state index contributed by atoms with van der Waals surface area (Å²) in [5.74, 6) is 0.678. The van der Waals surface area contributed by atoms with E-state index in [9.17, 15) is 0 Å². The van der Waals surface area contributed by atoms with Crippen molar-refractivity contribution in [2.24, 2.45) is 5.92 Å². The van der Waals surface area contributed by atoms with Crippen LogP contribution >= 0.6 is 0 Å². The van der Waals surface area contributed by atoms with Gasteiger partial charge < -0.3 is 5.32 Å². The standard InChI is InChI=1S/C16H27N3/c1-12(2)15-10-19(14(4)7-9-18-15)11-16-13(3)6-5-8-17-16/h5-6,8,12,14-15,18H,7,9-11H2,1-4H3. The number of aryl methyl sites for hydroxylation is 1. The summed E-state index contributed by atoms with van der Waals surface area (Å²) in [6.45, 7) is 12.3. The molecule has 2 heterocycles. The van der Waals surface area contributed by atoms with E-state index in [2.05, 4.69) is 49.0 Å². The fourth-order valence-electron chi connectivity index (χ4n) is 2.70. The van der Waals surface area contributed by atoms with E-state index < -0.39 is 0 Å². The van der Waals surface area contributed by atoms with Crippen molar-refractivity contribution in [3.8, 4) is 0 Å². The molecule has 1 N–H and O–H groups in total.